The Morgan fingerprint density at radius 1 is 1.41 bits per heavy atom. The summed E-state index contributed by atoms with van der Waals surface area (Å²) in [5, 5.41) is 9.54. The van der Waals surface area contributed by atoms with E-state index >= 15 is 0 Å². The molecule has 5 nitrogen and oxygen atoms in total. The van der Waals surface area contributed by atoms with Gasteiger partial charge in [0.25, 0.3) is 5.91 Å². The van der Waals surface area contributed by atoms with Crippen molar-refractivity contribution in [2.75, 3.05) is 19.6 Å². The lowest BCUT2D eigenvalue weighted by Gasteiger charge is -2.14. The van der Waals surface area contributed by atoms with E-state index in [9.17, 15) is 9.59 Å². The first-order valence-corrected chi connectivity index (χ1v) is 9.10. The Balaban J connectivity index is 1.45. The van der Waals surface area contributed by atoms with Crippen LogP contribution in [0.3, 0.4) is 0 Å². The van der Waals surface area contributed by atoms with Gasteiger partial charge in [-0.1, -0.05) is 0 Å². The van der Waals surface area contributed by atoms with Crippen molar-refractivity contribution < 1.29 is 9.59 Å². The number of nitrogens with zero attached hydrogens (tertiary/aromatic N) is 2. The van der Waals surface area contributed by atoms with E-state index in [1.165, 1.54) is 11.3 Å². The molecule has 1 saturated heterocycles. The van der Waals surface area contributed by atoms with Gasteiger partial charge in [-0.3, -0.25) is 9.59 Å². The number of thiazole rings is 1. The molecule has 0 aromatic carbocycles. The predicted octanol–water partition coefficient (Wildman–Crippen LogP) is 2.61. The Bertz CT molecular complexity index is 652. The van der Waals surface area contributed by atoms with Crippen LogP contribution in [0.1, 0.15) is 29.8 Å². The molecule has 0 atom stereocenters. The minimum atomic E-state index is -0.148. The van der Waals surface area contributed by atoms with Crippen molar-refractivity contribution in [2.45, 2.75) is 19.3 Å². The fourth-order valence-corrected chi connectivity index (χ4v) is 3.91. The number of carbonyl (C=O) groups is 2. The van der Waals surface area contributed by atoms with Gasteiger partial charge in [0, 0.05) is 42.4 Å². The standard InChI is InChI=1S/C15H17N3O2S2/c19-13-3-1-6-18(13)7-2-5-16-14(20)12-10-22-15(17-12)11-4-8-21-9-11/h4,8-10H,1-3,5-7H2,(H,16,20). The maximum absolute atomic E-state index is 12.0. The molecule has 2 aromatic rings. The van der Waals surface area contributed by atoms with Crippen molar-refractivity contribution in [3.8, 4) is 10.6 Å². The molecule has 0 spiro atoms. The number of hydrogen-bond donors (Lipinski definition) is 1. The van der Waals surface area contributed by atoms with Crippen LogP contribution in [0.15, 0.2) is 22.2 Å². The van der Waals surface area contributed by atoms with Gasteiger partial charge in [-0.25, -0.2) is 4.98 Å². The van der Waals surface area contributed by atoms with E-state index in [1.807, 2.05) is 21.7 Å². The number of aromatic nitrogens is 1. The van der Waals surface area contributed by atoms with Gasteiger partial charge in [-0.2, -0.15) is 11.3 Å². The van der Waals surface area contributed by atoms with Gasteiger partial charge in [0.15, 0.2) is 0 Å². The van der Waals surface area contributed by atoms with Crippen molar-refractivity contribution in [1.29, 1.82) is 0 Å². The van der Waals surface area contributed by atoms with Gasteiger partial charge < -0.3 is 10.2 Å². The summed E-state index contributed by atoms with van der Waals surface area (Å²) < 4.78 is 0. The highest BCUT2D eigenvalue weighted by molar-refractivity contribution is 7.14. The van der Waals surface area contributed by atoms with Crippen LogP contribution in [0.2, 0.25) is 0 Å². The summed E-state index contributed by atoms with van der Waals surface area (Å²) in [5.74, 6) is 0.0803. The molecule has 2 amide bonds. The smallest absolute Gasteiger partial charge is 0.270 e. The largest absolute Gasteiger partial charge is 0.351 e. The quantitative estimate of drug-likeness (QED) is 0.826. The summed E-state index contributed by atoms with van der Waals surface area (Å²) in [6.07, 6.45) is 2.39. The van der Waals surface area contributed by atoms with Crippen LogP contribution < -0.4 is 5.32 Å². The minimum absolute atomic E-state index is 0.148. The van der Waals surface area contributed by atoms with Crippen molar-refractivity contribution in [1.82, 2.24) is 15.2 Å². The molecule has 2 aromatic heterocycles. The lowest BCUT2D eigenvalue weighted by atomic mass is 10.3. The van der Waals surface area contributed by atoms with Crippen molar-refractivity contribution in [2.24, 2.45) is 0 Å². The molecule has 3 rings (SSSR count). The zero-order chi connectivity index (χ0) is 15.4. The molecule has 0 unspecified atom stereocenters. The summed E-state index contributed by atoms with van der Waals surface area (Å²) in [7, 11) is 0. The normalized spacial score (nSPS) is 14.5. The highest BCUT2D eigenvalue weighted by Crippen LogP contribution is 2.25. The van der Waals surface area contributed by atoms with E-state index in [1.54, 1.807) is 16.7 Å². The van der Waals surface area contributed by atoms with Crippen LogP contribution in [0.5, 0.6) is 0 Å². The molecule has 0 aliphatic carbocycles. The minimum Gasteiger partial charge on any atom is -0.351 e. The van der Waals surface area contributed by atoms with Gasteiger partial charge >= 0.3 is 0 Å². The van der Waals surface area contributed by atoms with Gasteiger partial charge in [0.2, 0.25) is 5.91 Å². The first-order chi connectivity index (χ1) is 10.7. The number of amides is 2. The molecular weight excluding hydrogens is 318 g/mol. The summed E-state index contributed by atoms with van der Waals surface area (Å²) in [6, 6.07) is 2.00. The Morgan fingerprint density at radius 3 is 3.05 bits per heavy atom. The number of rotatable bonds is 6. The van der Waals surface area contributed by atoms with Gasteiger partial charge in [-0.15, -0.1) is 11.3 Å². The molecule has 0 radical (unpaired) electrons. The van der Waals surface area contributed by atoms with E-state index in [0.29, 0.717) is 18.7 Å². The van der Waals surface area contributed by atoms with E-state index in [2.05, 4.69) is 10.3 Å². The second-order valence-electron chi connectivity index (χ2n) is 5.14. The van der Waals surface area contributed by atoms with E-state index in [4.69, 9.17) is 0 Å². The lowest BCUT2D eigenvalue weighted by molar-refractivity contribution is -0.127. The summed E-state index contributed by atoms with van der Waals surface area (Å²) in [5.41, 5.74) is 1.52. The first-order valence-electron chi connectivity index (χ1n) is 7.28. The summed E-state index contributed by atoms with van der Waals surface area (Å²) in [4.78, 5) is 29.7. The number of hydrogen-bond acceptors (Lipinski definition) is 5. The second kappa shape index (κ2) is 7.02. The molecule has 1 N–H and O–H groups in total. The summed E-state index contributed by atoms with van der Waals surface area (Å²) in [6.45, 7) is 2.13. The molecule has 1 aliphatic rings. The van der Waals surface area contributed by atoms with Gasteiger partial charge in [-0.05, 0) is 24.3 Å². The van der Waals surface area contributed by atoms with Crippen LogP contribution in [-0.2, 0) is 4.79 Å². The van der Waals surface area contributed by atoms with Gasteiger partial charge in [0.1, 0.15) is 10.7 Å². The van der Waals surface area contributed by atoms with Crippen molar-refractivity contribution >= 4 is 34.5 Å². The topological polar surface area (TPSA) is 62.3 Å². The first kappa shape index (κ1) is 15.2. The second-order valence-corrected chi connectivity index (χ2v) is 6.78. The monoisotopic (exact) mass is 335 g/mol. The lowest BCUT2D eigenvalue weighted by Crippen LogP contribution is -2.30. The average Bonchev–Trinajstić information content (AvgIpc) is 3.24. The van der Waals surface area contributed by atoms with E-state index < -0.39 is 0 Å². The third-order valence-corrected chi connectivity index (χ3v) is 5.14. The number of nitrogens with one attached hydrogen (secondary N) is 1. The fourth-order valence-electron chi connectivity index (χ4n) is 2.40. The molecule has 22 heavy (non-hydrogen) atoms. The van der Waals surface area contributed by atoms with Crippen molar-refractivity contribution in [3.05, 3.63) is 27.9 Å². The fraction of sp³-hybridized carbons (Fsp3) is 0.400. The molecule has 116 valence electrons. The maximum atomic E-state index is 12.0. The number of carbonyl (C=O) groups excluding carboxylic acids is 2. The highest BCUT2D eigenvalue weighted by atomic mass is 32.1. The highest BCUT2D eigenvalue weighted by Gasteiger charge is 2.19. The van der Waals surface area contributed by atoms with Crippen LogP contribution in [0, 0.1) is 0 Å². The van der Waals surface area contributed by atoms with Gasteiger partial charge in [0.05, 0.1) is 0 Å². The molecule has 0 saturated carbocycles. The Morgan fingerprint density at radius 2 is 2.32 bits per heavy atom. The Hall–Kier alpha value is -1.73. The van der Waals surface area contributed by atoms with Crippen molar-refractivity contribution in [3.63, 3.8) is 0 Å². The van der Waals surface area contributed by atoms with Crippen LogP contribution in [0.25, 0.3) is 10.6 Å². The average molecular weight is 335 g/mol. The predicted molar refractivity (Wildman–Crippen MR) is 88.2 cm³/mol. The zero-order valence-electron chi connectivity index (χ0n) is 12.1. The van der Waals surface area contributed by atoms with E-state index in [-0.39, 0.29) is 11.8 Å². The van der Waals surface area contributed by atoms with Crippen LogP contribution in [-0.4, -0.2) is 41.3 Å². The molecule has 3 heterocycles. The number of likely N-dealkylation sites (tertiary alicyclic amines) is 1. The molecule has 0 bridgehead atoms. The third-order valence-electron chi connectivity index (χ3n) is 3.57. The zero-order valence-corrected chi connectivity index (χ0v) is 13.7. The SMILES string of the molecule is O=C(NCCCN1CCCC1=O)c1csc(-c2ccsc2)n1. The molecule has 7 heteroatoms. The number of thiophene rings is 1. The Kier molecular flexibility index (Phi) is 4.84. The third kappa shape index (κ3) is 3.53. The molecular formula is C15H17N3O2S2. The van der Waals surface area contributed by atoms with Crippen LogP contribution >= 0.6 is 22.7 Å². The summed E-state index contributed by atoms with van der Waals surface area (Å²) >= 11 is 3.09. The van der Waals surface area contributed by atoms with Crippen LogP contribution in [0.4, 0.5) is 0 Å². The molecule has 1 aliphatic heterocycles. The maximum Gasteiger partial charge on any atom is 0.270 e. The molecule has 1 fully saturated rings. The Labute approximate surface area is 137 Å². The van der Waals surface area contributed by atoms with E-state index in [0.717, 1.165) is 36.5 Å².